The molecule has 1 aliphatic rings. The lowest BCUT2D eigenvalue weighted by Crippen LogP contribution is -2.45. The van der Waals surface area contributed by atoms with E-state index in [0.29, 0.717) is 19.5 Å². The van der Waals surface area contributed by atoms with Gasteiger partial charge >= 0.3 is 6.01 Å². The van der Waals surface area contributed by atoms with Crippen molar-refractivity contribution in [1.82, 2.24) is 19.4 Å². The lowest BCUT2D eigenvalue weighted by atomic mass is 10.1. The van der Waals surface area contributed by atoms with Crippen LogP contribution in [0.3, 0.4) is 0 Å². The number of hydrogen-bond acceptors (Lipinski definition) is 4. The van der Waals surface area contributed by atoms with Gasteiger partial charge in [-0.3, -0.25) is 4.79 Å². The minimum Gasteiger partial charge on any atom is -0.458 e. The van der Waals surface area contributed by atoms with Crippen LogP contribution in [0.2, 0.25) is 0 Å². The lowest BCUT2D eigenvalue weighted by molar-refractivity contribution is -0.133. The molecule has 0 N–H and O–H groups in total. The number of amides is 1. The second-order valence-electron chi connectivity index (χ2n) is 6.86. The molecular weight excluding hydrogens is 347 g/mol. The molecule has 1 aromatic carbocycles. The summed E-state index contributed by atoms with van der Waals surface area (Å²) in [7, 11) is 1.99. The van der Waals surface area contributed by atoms with E-state index in [2.05, 4.69) is 16.0 Å². The molecule has 1 unspecified atom stereocenters. The third-order valence-corrected chi connectivity index (χ3v) is 4.92. The van der Waals surface area contributed by atoms with Crippen molar-refractivity contribution in [1.29, 1.82) is 0 Å². The van der Waals surface area contributed by atoms with Gasteiger partial charge in [-0.1, -0.05) is 18.2 Å². The van der Waals surface area contributed by atoms with Crippen molar-refractivity contribution in [2.45, 2.75) is 25.4 Å². The first-order valence-electron chi connectivity index (χ1n) is 9.05. The zero-order valence-corrected chi connectivity index (χ0v) is 15.1. The van der Waals surface area contributed by atoms with Crippen molar-refractivity contribution in [2.24, 2.45) is 7.05 Å². The number of piperidine rings is 1. The molecule has 0 bridgehead atoms. The molecule has 3 heterocycles. The molecule has 7 heteroatoms. The fourth-order valence-electron chi connectivity index (χ4n) is 3.61. The Hall–Kier alpha value is -2.96. The molecule has 1 fully saturated rings. The number of para-hydroxylation sites is 1. The highest BCUT2D eigenvalue weighted by molar-refractivity contribution is 5.89. The Morgan fingerprint density at radius 2 is 2.07 bits per heavy atom. The van der Waals surface area contributed by atoms with Gasteiger partial charge in [0.05, 0.1) is 25.4 Å². The molecule has 6 nitrogen and oxygen atoms in total. The van der Waals surface area contributed by atoms with E-state index in [4.69, 9.17) is 4.74 Å². The highest BCUT2D eigenvalue weighted by atomic mass is 19.1. The van der Waals surface area contributed by atoms with Crippen molar-refractivity contribution in [3.05, 3.63) is 54.2 Å². The highest BCUT2D eigenvalue weighted by Gasteiger charge is 2.26. The van der Waals surface area contributed by atoms with E-state index >= 15 is 0 Å². The van der Waals surface area contributed by atoms with Gasteiger partial charge in [0.25, 0.3) is 0 Å². The number of aromatic nitrogens is 3. The number of fused-ring (bicyclic) bond motifs is 1. The normalized spacial score (nSPS) is 17.3. The molecule has 2 aromatic heterocycles. The number of halogens is 1. The van der Waals surface area contributed by atoms with Crippen molar-refractivity contribution < 1.29 is 13.9 Å². The van der Waals surface area contributed by atoms with Crippen LogP contribution in [0, 0.1) is 5.82 Å². The molecule has 1 atom stereocenters. The number of carbonyl (C=O) groups excluding carboxylic acids is 1. The fourth-order valence-corrected chi connectivity index (χ4v) is 3.61. The maximum Gasteiger partial charge on any atom is 0.316 e. The monoisotopic (exact) mass is 368 g/mol. The standard InChI is InChI=1S/C20H21FN4O2/c1-24-12-14(17-6-2-3-7-18(17)24)9-19(26)25-8-4-5-16(13-25)27-20-22-10-15(21)11-23-20/h2-3,6-7,10-12,16H,4-5,8-9,13H2,1H3. The number of likely N-dealkylation sites (tertiary alicyclic amines) is 1. The van der Waals surface area contributed by atoms with Gasteiger partial charge in [0, 0.05) is 30.7 Å². The van der Waals surface area contributed by atoms with E-state index in [0.717, 1.165) is 41.7 Å². The van der Waals surface area contributed by atoms with Gasteiger partial charge < -0.3 is 14.2 Å². The van der Waals surface area contributed by atoms with Gasteiger partial charge in [0.2, 0.25) is 5.91 Å². The molecule has 140 valence electrons. The van der Waals surface area contributed by atoms with Crippen molar-refractivity contribution in [3.63, 3.8) is 0 Å². The van der Waals surface area contributed by atoms with Gasteiger partial charge in [-0.15, -0.1) is 0 Å². The Morgan fingerprint density at radius 3 is 2.89 bits per heavy atom. The Balaban J connectivity index is 1.43. The van der Waals surface area contributed by atoms with Gasteiger partial charge in [0.15, 0.2) is 5.82 Å². The third-order valence-electron chi connectivity index (χ3n) is 4.92. The highest BCUT2D eigenvalue weighted by Crippen LogP contribution is 2.22. The summed E-state index contributed by atoms with van der Waals surface area (Å²) < 4.78 is 20.7. The van der Waals surface area contributed by atoms with Gasteiger partial charge in [-0.2, -0.15) is 0 Å². The third kappa shape index (κ3) is 3.77. The first kappa shape index (κ1) is 17.5. The van der Waals surface area contributed by atoms with E-state index in [1.807, 2.05) is 40.9 Å². The lowest BCUT2D eigenvalue weighted by Gasteiger charge is -2.32. The topological polar surface area (TPSA) is 60.2 Å². The maximum atomic E-state index is 12.9. The smallest absolute Gasteiger partial charge is 0.316 e. The molecule has 1 amide bonds. The fraction of sp³-hybridized carbons (Fsp3) is 0.350. The molecule has 0 saturated carbocycles. The molecule has 4 rings (SSSR count). The number of rotatable bonds is 4. The summed E-state index contributed by atoms with van der Waals surface area (Å²) >= 11 is 0. The zero-order valence-electron chi connectivity index (χ0n) is 15.1. The first-order valence-corrected chi connectivity index (χ1v) is 9.05. The van der Waals surface area contributed by atoms with Crippen LogP contribution in [-0.4, -0.2) is 44.5 Å². The van der Waals surface area contributed by atoms with Gasteiger partial charge in [-0.05, 0) is 24.5 Å². The summed E-state index contributed by atoms with van der Waals surface area (Å²) in [6.45, 7) is 1.21. The number of carbonyl (C=O) groups is 1. The molecule has 1 saturated heterocycles. The van der Waals surface area contributed by atoms with Crippen LogP contribution in [0.25, 0.3) is 10.9 Å². The van der Waals surface area contributed by atoms with E-state index in [1.54, 1.807) is 0 Å². The van der Waals surface area contributed by atoms with Crippen LogP contribution in [0.1, 0.15) is 18.4 Å². The summed E-state index contributed by atoms with van der Waals surface area (Å²) in [6, 6.07) is 8.23. The number of ether oxygens (including phenoxy) is 1. The minimum absolute atomic E-state index is 0.0830. The Bertz CT molecular complexity index is 954. The SMILES string of the molecule is Cn1cc(CC(=O)N2CCCC(Oc3ncc(F)cn3)C2)c2ccccc21. The van der Waals surface area contributed by atoms with E-state index in [9.17, 15) is 9.18 Å². The minimum atomic E-state index is -0.502. The molecule has 1 aliphatic heterocycles. The second kappa shape index (κ2) is 7.34. The first-order chi connectivity index (χ1) is 13.1. The van der Waals surface area contributed by atoms with Crippen molar-refractivity contribution in [3.8, 4) is 6.01 Å². The van der Waals surface area contributed by atoms with Gasteiger partial charge in [-0.25, -0.2) is 14.4 Å². The Morgan fingerprint density at radius 1 is 1.30 bits per heavy atom. The van der Waals surface area contributed by atoms with Crippen LogP contribution < -0.4 is 4.74 Å². The summed E-state index contributed by atoms with van der Waals surface area (Å²) in [5.74, 6) is -0.419. The van der Waals surface area contributed by atoms with Gasteiger partial charge in [0.1, 0.15) is 6.10 Å². The largest absolute Gasteiger partial charge is 0.458 e. The van der Waals surface area contributed by atoms with Crippen molar-refractivity contribution >= 4 is 16.8 Å². The quantitative estimate of drug-likeness (QED) is 0.710. The van der Waals surface area contributed by atoms with Crippen LogP contribution in [-0.2, 0) is 18.3 Å². The predicted octanol–water partition coefficient (Wildman–Crippen LogP) is 2.72. The summed E-state index contributed by atoms with van der Waals surface area (Å²) in [6.07, 6.45) is 6.03. The number of aryl methyl sites for hydroxylation is 1. The van der Waals surface area contributed by atoms with E-state index in [-0.39, 0.29) is 18.0 Å². The predicted molar refractivity (Wildman–Crippen MR) is 98.8 cm³/mol. The average molecular weight is 368 g/mol. The number of hydrogen-bond donors (Lipinski definition) is 0. The van der Waals surface area contributed by atoms with Crippen LogP contribution in [0.4, 0.5) is 4.39 Å². The summed E-state index contributed by atoms with van der Waals surface area (Å²) in [5, 5.41) is 1.11. The Labute approximate surface area is 156 Å². The molecule has 0 spiro atoms. The summed E-state index contributed by atoms with van der Waals surface area (Å²) in [4.78, 5) is 22.3. The van der Waals surface area contributed by atoms with E-state index in [1.165, 1.54) is 0 Å². The van der Waals surface area contributed by atoms with Crippen molar-refractivity contribution in [2.75, 3.05) is 13.1 Å². The average Bonchev–Trinajstić information content (AvgIpc) is 3.00. The molecule has 0 radical (unpaired) electrons. The molecule has 0 aliphatic carbocycles. The van der Waals surface area contributed by atoms with Crippen LogP contribution >= 0.6 is 0 Å². The molecule has 3 aromatic rings. The zero-order chi connectivity index (χ0) is 18.8. The molecule has 27 heavy (non-hydrogen) atoms. The van der Waals surface area contributed by atoms with Crippen LogP contribution in [0.5, 0.6) is 6.01 Å². The molecular formula is C20H21FN4O2. The summed E-state index contributed by atoms with van der Waals surface area (Å²) in [5.41, 5.74) is 2.15. The second-order valence-corrected chi connectivity index (χ2v) is 6.86. The Kier molecular flexibility index (Phi) is 4.75. The number of nitrogens with zero attached hydrogens (tertiary/aromatic N) is 4. The number of benzene rings is 1. The van der Waals surface area contributed by atoms with E-state index < -0.39 is 5.82 Å². The maximum absolute atomic E-state index is 12.9. The van der Waals surface area contributed by atoms with Crippen LogP contribution in [0.15, 0.2) is 42.9 Å².